The molecule has 0 bridgehead atoms. The number of aliphatic hydroxyl groups excluding tert-OH is 1. The third-order valence-electron chi connectivity index (χ3n) is 3.01. The van der Waals surface area contributed by atoms with Crippen molar-refractivity contribution in [3.05, 3.63) is 23.3 Å². The first kappa shape index (κ1) is 15.4. The Morgan fingerprint density at radius 2 is 1.63 bits per heavy atom. The second-order valence-electron chi connectivity index (χ2n) is 4.48. The lowest BCUT2D eigenvalue weighted by Crippen LogP contribution is -2.01. The van der Waals surface area contributed by atoms with Gasteiger partial charge < -0.3 is 19.3 Å². The van der Waals surface area contributed by atoms with Crippen molar-refractivity contribution in [1.29, 1.82) is 0 Å². The van der Waals surface area contributed by atoms with Crippen molar-refractivity contribution in [3.63, 3.8) is 0 Å². The van der Waals surface area contributed by atoms with Gasteiger partial charge in [-0.2, -0.15) is 0 Å². The van der Waals surface area contributed by atoms with Crippen molar-refractivity contribution < 1.29 is 19.3 Å². The molecule has 0 unspecified atom stereocenters. The average molecular weight is 266 g/mol. The van der Waals surface area contributed by atoms with Crippen LogP contribution in [0.5, 0.6) is 17.2 Å². The van der Waals surface area contributed by atoms with Gasteiger partial charge in [0.2, 0.25) is 0 Å². The molecule has 4 heteroatoms. The predicted octanol–water partition coefficient (Wildman–Crippen LogP) is 2.74. The molecule has 0 aromatic heterocycles. The van der Waals surface area contributed by atoms with E-state index in [1.807, 2.05) is 19.9 Å². The highest BCUT2D eigenvalue weighted by molar-refractivity contribution is 5.68. The molecule has 0 aliphatic carbocycles. The van der Waals surface area contributed by atoms with Gasteiger partial charge in [-0.15, -0.1) is 0 Å². The van der Waals surface area contributed by atoms with Crippen LogP contribution in [0.3, 0.4) is 0 Å². The van der Waals surface area contributed by atoms with Crippen molar-refractivity contribution in [2.24, 2.45) is 5.92 Å². The van der Waals surface area contributed by atoms with Gasteiger partial charge in [0.05, 0.1) is 33.5 Å². The molecular formula is C15H22O4. The zero-order chi connectivity index (χ0) is 14.4. The van der Waals surface area contributed by atoms with Crippen LogP contribution in [-0.4, -0.2) is 33.0 Å². The van der Waals surface area contributed by atoms with E-state index in [0.29, 0.717) is 17.2 Å². The topological polar surface area (TPSA) is 47.9 Å². The number of aliphatic hydroxyl groups is 1. The Kier molecular flexibility index (Phi) is 5.70. The molecule has 0 atom stereocenters. The molecule has 1 N–H and O–H groups in total. The highest BCUT2D eigenvalue weighted by Crippen LogP contribution is 2.36. The van der Waals surface area contributed by atoms with E-state index in [1.165, 1.54) is 0 Å². The lowest BCUT2D eigenvalue weighted by molar-refractivity contribution is 0.320. The minimum Gasteiger partial charge on any atom is -0.496 e. The maximum atomic E-state index is 9.41. The normalized spacial score (nSPS) is 11.6. The van der Waals surface area contributed by atoms with E-state index in [1.54, 1.807) is 33.5 Å². The molecule has 1 aromatic rings. The monoisotopic (exact) mass is 266 g/mol. The van der Waals surface area contributed by atoms with Gasteiger partial charge in [0.25, 0.3) is 0 Å². The van der Waals surface area contributed by atoms with Crippen molar-refractivity contribution in [3.8, 4) is 17.2 Å². The van der Waals surface area contributed by atoms with E-state index in [4.69, 9.17) is 14.2 Å². The minimum atomic E-state index is 0.00993. The summed E-state index contributed by atoms with van der Waals surface area (Å²) in [6.07, 6.45) is 1.90. The molecule has 0 aliphatic heterocycles. The van der Waals surface area contributed by atoms with Gasteiger partial charge in [-0.3, -0.25) is 0 Å². The Balaban J connectivity index is 3.39. The van der Waals surface area contributed by atoms with Crippen LogP contribution in [0.4, 0.5) is 0 Å². The molecule has 0 fully saturated rings. The van der Waals surface area contributed by atoms with Crippen molar-refractivity contribution in [2.45, 2.75) is 13.8 Å². The molecule has 0 amide bonds. The summed E-state index contributed by atoms with van der Waals surface area (Å²) >= 11 is 0. The zero-order valence-electron chi connectivity index (χ0n) is 12.2. The van der Waals surface area contributed by atoms with Gasteiger partial charge in [-0.05, 0) is 17.6 Å². The van der Waals surface area contributed by atoms with Gasteiger partial charge in [0.15, 0.2) is 0 Å². The fourth-order valence-corrected chi connectivity index (χ4v) is 1.76. The number of hydrogen-bond acceptors (Lipinski definition) is 4. The van der Waals surface area contributed by atoms with E-state index in [9.17, 15) is 5.11 Å². The first-order chi connectivity index (χ1) is 9.07. The summed E-state index contributed by atoms with van der Waals surface area (Å²) in [5.74, 6) is 2.23. The van der Waals surface area contributed by atoms with Crippen LogP contribution in [0.2, 0.25) is 0 Å². The number of methoxy groups -OCH3 is 3. The standard InChI is InChI=1S/C15H22O4/c1-10(2)11(9-16)6-13-14(18-4)7-12(17-3)8-15(13)19-5/h6-8,10,16H,9H2,1-5H3. The first-order valence-electron chi connectivity index (χ1n) is 6.18. The highest BCUT2D eigenvalue weighted by Gasteiger charge is 2.13. The lowest BCUT2D eigenvalue weighted by atomic mass is 10.00. The van der Waals surface area contributed by atoms with Crippen LogP contribution in [0.25, 0.3) is 6.08 Å². The van der Waals surface area contributed by atoms with Gasteiger partial charge >= 0.3 is 0 Å². The SMILES string of the molecule is COc1cc(OC)c(C=C(CO)C(C)C)c(OC)c1. The molecule has 0 aliphatic rings. The van der Waals surface area contributed by atoms with Crippen LogP contribution in [-0.2, 0) is 0 Å². The van der Waals surface area contributed by atoms with Crippen LogP contribution in [0, 0.1) is 5.92 Å². The molecule has 0 saturated carbocycles. The Bertz CT molecular complexity index is 424. The van der Waals surface area contributed by atoms with E-state index >= 15 is 0 Å². The molecule has 1 aromatic carbocycles. The summed E-state index contributed by atoms with van der Waals surface area (Å²) in [7, 11) is 4.79. The quantitative estimate of drug-likeness (QED) is 0.860. The highest BCUT2D eigenvalue weighted by atomic mass is 16.5. The summed E-state index contributed by atoms with van der Waals surface area (Å²) in [5, 5.41) is 9.41. The Labute approximate surface area is 114 Å². The molecule has 1 rings (SSSR count). The number of rotatable bonds is 6. The lowest BCUT2D eigenvalue weighted by Gasteiger charge is -2.15. The Morgan fingerprint density at radius 1 is 1.11 bits per heavy atom. The van der Waals surface area contributed by atoms with E-state index in [0.717, 1.165) is 11.1 Å². The van der Waals surface area contributed by atoms with E-state index < -0.39 is 0 Å². The maximum absolute atomic E-state index is 9.41. The third kappa shape index (κ3) is 3.64. The summed E-state index contributed by atoms with van der Waals surface area (Å²) in [6.45, 7) is 4.07. The van der Waals surface area contributed by atoms with E-state index in [-0.39, 0.29) is 12.5 Å². The van der Waals surface area contributed by atoms with Gasteiger partial charge in [-0.25, -0.2) is 0 Å². The fraction of sp³-hybridized carbons (Fsp3) is 0.467. The van der Waals surface area contributed by atoms with Crippen LogP contribution in [0.1, 0.15) is 19.4 Å². The third-order valence-corrected chi connectivity index (χ3v) is 3.01. The van der Waals surface area contributed by atoms with E-state index in [2.05, 4.69) is 0 Å². The van der Waals surface area contributed by atoms with Crippen LogP contribution >= 0.6 is 0 Å². The fourth-order valence-electron chi connectivity index (χ4n) is 1.76. The number of hydrogen-bond donors (Lipinski definition) is 1. The Morgan fingerprint density at radius 3 is 1.95 bits per heavy atom. The largest absolute Gasteiger partial charge is 0.496 e. The van der Waals surface area contributed by atoms with Gasteiger partial charge in [-0.1, -0.05) is 13.8 Å². The van der Waals surface area contributed by atoms with Crippen LogP contribution < -0.4 is 14.2 Å². The zero-order valence-corrected chi connectivity index (χ0v) is 12.2. The summed E-state index contributed by atoms with van der Waals surface area (Å²) < 4.78 is 15.9. The minimum absolute atomic E-state index is 0.00993. The van der Waals surface area contributed by atoms with Gasteiger partial charge in [0.1, 0.15) is 17.2 Å². The number of ether oxygens (including phenoxy) is 3. The maximum Gasteiger partial charge on any atom is 0.133 e. The Hall–Kier alpha value is -1.68. The second kappa shape index (κ2) is 7.04. The summed E-state index contributed by atoms with van der Waals surface area (Å²) in [5.41, 5.74) is 1.73. The summed E-state index contributed by atoms with van der Waals surface area (Å²) in [4.78, 5) is 0. The molecule has 0 heterocycles. The number of benzene rings is 1. The van der Waals surface area contributed by atoms with Gasteiger partial charge in [0, 0.05) is 12.1 Å². The predicted molar refractivity (Wildman–Crippen MR) is 76.0 cm³/mol. The smallest absolute Gasteiger partial charge is 0.133 e. The van der Waals surface area contributed by atoms with Crippen LogP contribution in [0.15, 0.2) is 17.7 Å². The molecule has 4 nitrogen and oxygen atoms in total. The van der Waals surface area contributed by atoms with Crippen molar-refractivity contribution in [2.75, 3.05) is 27.9 Å². The first-order valence-corrected chi connectivity index (χ1v) is 6.18. The molecule has 106 valence electrons. The molecular weight excluding hydrogens is 244 g/mol. The molecule has 0 saturated heterocycles. The van der Waals surface area contributed by atoms with Crippen molar-refractivity contribution >= 4 is 6.08 Å². The summed E-state index contributed by atoms with van der Waals surface area (Å²) in [6, 6.07) is 3.59. The van der Waals surface area contributed by atoms with Crippen molar-refractivity contribution in [1.82, 2.24) is 0 Å². The second-order valence-corrected chi connectivity index (χ2v) is 4.48. The molecule has 0 spiro atoms. The average Bonchev–Trinajstić information content (AvgIpc) is 2.43. The molecule has 19 heavy (non-hydrogen) atoms. The molecule has 0 radical (unpaired) electrons.